The van der Waals surface area contributed by atoms with Crippen molar-refractivity contribution in [2.45, 2.75) is 24.9 Å². The molecule has 3 fully saturated rings. The first-order valence-electron chi connectivity index (χ1n) is 10.5. The third kappa shape index (κ3) is 3.40. The maximum absolute atomic E-state index is 12.6. The van der Waals surface area contributed by atoms with Crippen LogP contribution in [0.25, 0.3) is 0 Å². The Morgan fingerprint density at radius 1 is 1.24 bits per heavy atom. The van der Waals surface area contributed by atoms with Gasteiger partial charge in [0, 0.05) is 37.8 Å². The topological polar surface area (TPSA) is 91.5 Å². The number of hydrogen-bond donors (Lipinski definition) is 3. The highest BCUT2D eigenvalue weighted by Crippen LogP contribution is 2.68. The summed E-state index contributed by atoms with van der Waals surface area (Å²) < 4.78 is 0. The summed E-state index contributed by atoms with van der Waals surface area (Å²) in [6.45, 7) is 3.30. The molecule has 0 unspecified atom stereocenters. The Labute approximate surface area is 171 Å². The Balaban J connectivity index is 1.32. The minimum Gasteiger partial charge on any atom is -0.391 e. The lowest BCUT2D eigenvalue weighted by atomic mass is 9.95. The largest absolute Gasteiger partial charge is 0.391 e. The molecule has 1 aromatic heterocycles. The molecule has 5 rings (SSSR count). The Bertz CT molecular complexity index is 884. The van der Waals surface area contributed by atoms with Gasteiger partial charge in [-0.2, -0.15) is 0 Å². The minimum absolute atomic E-state index is 0.145. The molecular weight excluding hydrogens is 364 g/mol. The highest BCUT2D eigenvalue weighted by atomic mass is 16.3. The third-order valence-corrected chi connectivity index (χ3v) is 7.01. The van der Waals surface area contributed by atoms with E-state index in [0.717, 1.165) is 25.6 Å². The molecule has 3 aliphatic rings. The van der Waals surface area contributed by atoms with Crippen LogP contribution in [0.5, 0.6) is 0 Å². The number of aliphatic hydroxyl groups is 1. The van der Waals surface area contributed by atoms with Crippen LogP contribution in [0.4, 0.5) is 5.82 Å². The number of carbonyl (C=O) groups is 1. The number of aliphatic hydroxyl groups excluding tert-OH is 1. The number of amides is 1. The fourth-order valence-corrected chi connectivity index (χ4v) is 5.34. The standard InChI is InChI=1S/C23H28N4O2/c24-20-9-8-17(10-25-20)22(29)26-11-18-21(16-4-2-1-3-5-16)23(18)14-27(13-19(23)28)12-15-6-7-15/h1-5,8-10,15,18-19,21,28H,6-7,11-14H2,(H2,24,25)(H,26,29)/t18-,19+,21-,23-/m1/s1. The van der Waals surface area contributed by atoms with Crippen LogP contribution < -0.4 is 11.1 Å². The molecule has 1 amide bonds. The fourth-order valence-electron chi connectivity index (χ4n) is 5.34. The number of pyridine rings is 1. The first-order chi connectivity index (χ1) is 14.1. The van der Waals surface area contributed by atoms with Gasteiger partial charge in [-0.3, -0.25) is 9.69 Å². The molecule has 2 aliphatic carbocycles. The molecule has 152 valence electrons. The predicted molar refractivity (Wildman–Crippen MR) is 111 cm³/mol. The van der Waals surface area contributed by atoms with Gasteiger partial charge < -0.3 is 16.2 Å². The number of anilines is 1. The number of carbonyl (C=O) groups excluding carboxylic acids is 1. The van der Waals surface area contributed by atoms with Crippen LogP contribution in [0.2, 0.25) is 0 Å². The summed E-state index contributed by atoms with van der Waals surface area (Å²) >= 11 is 0. The average Bonchev–Trinajstić information content (AvgIpc) is 3.62. The highest BCUT2D eigenvalue weighted by molar-refractivity contribution is 5.94. The van der Waals surface area contributed by atoms with E-state index in [4.69, 9.17) is 5.73 Å². The summed E-state index contributed by atoms with van der Waals surface area (Å²) in [5.74, 6) is 1.57. The normalized spacial score (nSPS) is 31.1. The van der Waals surface area contributed by atoms with Crippen LogP contribution in [-0.2, 0) is 0 Å². The van der Waals surface area contributed by atoms with Gasteiger partial charge in [0.2, 0.25) is 0 Å². The monoisotopic (exact) mass is 392 g/mol. The molecule has 0 radical (unpaired) electrons. The van der Waals surface area contributed by atoms with Crippen molar-refractivity contribution in [2.75, 3.05) is 31.9 Å². The van der Waals surface area contributed by atoms with E-state index >= 15 is 0 Å². The smallest absolute Gasteiger partial charge is 0.252 e. The molecule has 29 heavy (non-hydrogen) atoms. The maximum atomic E-state index is 12.6. The summed E-state index contributed by atoms with van der Waals surface area (Å²) in [4.78, 5) is 19.0. The number of nitrogens with two attached hydrogens (primary N) is 1. The molecule has 1 spiro atoms. The molecule has 6 nitrogen and oxygen atoms in total. The van der Waals surface area contributed by atoms with Gasteiger partial charge in [0.05, 0.1) is 11.7 Å². The van der Waals surface area contributed by atoms with Crippen molar-refractivity contribution < 1.29 is 9.90 Å². The van der Waals surface area contributed by atoms with Gasteiger partial charge in [0.1, 0.15) is 5.82 Å². The lowest BCUT2D eigenvalue weighted by molar-refractivity contribution is 0.0938. The van der Waals surface area contributed by atoms with Gasteiger partial charge >= 0.3 is 0 Å². The number of benzene rings is 1. The summed E-state index contributed by atoms with van der Waals surface area (Å²) in [5, 5.41) is 14.1. The predicted octanol–water partition coefficient (Wildman–Crippen LogP) is 1.88. The van der Waals surface area contributed by atoms with E-state index < -0.39 is 0 Å². The molecule has 2 saturated carbocycles. The van der Waals surface area contributed by atoms with Gasteiger partial charge in [-0.1, -0.05) is 30.3 Å². The number of nitrogens with zero attached hydrogens (tertiary/aromatic N) is 2. The van der Waals surface area contributed by atoms with Crippen molar-refractivity contribution in [3.8, 4) is 0 Å². The van der Waals surface area contributed by atoms with E-state index in [2.05, 4.69) is 39.5 Å². The summed E-state index contributed by atoms with van der Waals surface area (Å²) in [7, 11) is 0. The van der Waals surface area contributed by atoms with Gasteiger partial charge in [-0.15, -0.1) is 0 Å². The third-order valence-electron chi connectivity index (χ3n) is 7.01. The molecule has 1 aliphatic heterocycles. The van der Waals surface area contributed by atoms with E-state index in [1.54, 1.807) is 12.1 Å². The molecular formula is C23H28N4O2. The van der Waals surface area contributed by atoms with Crippen molar-refractivity contribution in [3.63, 3.8) is 0 Å². The lowest BCUT2D eigenvalue weighted by Gasteiger charge is -2.16. The Kier molecular flexibility index (Phi) is 4.56. The zero-order valence-corrected chi connectivity index (χ0v) is 16.5. The maximum Gasteiger partial charge on any atom is 0.252 e. The molecule has 4 N–H and O–H groups in total. The van der Waals surface area contributed by atoms with Crippen LogP contribution in [-0.4, -0.2) is 53.2 Å². The number of nitrogen functional groups attached to an aromatic ring is 1. The molecule has 2 aromatic rings. The molecule has 1 saturated heterocycles. The second-order valence-corrected chi connectivity index (χ2v) is 8.94. The number of β-amino-alcohol motifs (C(OH)–C–C–N with tert-alkyl or cyclic N) is 1. The summed E-state index contributed by atoms with van der Waals surface area (Å²) in [5.41, 5.74) is 7.21. The molecule has 0 bridgehead atoms. The SMILES string of the molecule is Nc1ccc(C(=O)NC[C@@H]2[C@@H](c3ccccc3)[C@]23CN(CC2CC2)C[C@@H]3O)cn1. The highest BCUT2D eigenvalue weighted by Gasteiger charge is 2.71. The second-order valence-electron chi connectivity index (χ2n) is 8.94. The van der Waals surface area contributed by atoms with Gasteiger partial charge in [0.15, 0.2) is 0 Å². The van der Waals surface area contributed by atoms with Crippen molar-refractivity contribution in [1.82, 2.24) is 15.2 Å². The average molecular weight is 393 g/mol. The summed E-state index contributed by atoms with van der Waals surface area (Å²) in [6, 6.07) is 13.8. The van der Waals surface area contributed by atoms with E-state index in [1.807, 2.05) is 6.07 Å². The van der Waals surface area contributed by atoms with Crippen LogP contribution in [0, 0.1) is 17.3 Å². The van der Waals surface area contributed by atoms with E-state index in [0.29, 0.717) is 17.9 Å². The molecule has 4 atom stereocenters. The second kappa shape index (κ2) is 7.11. The van der Waals surface area contributed by atoms with Crippen LogP contribution in [0.1, 0.15) is 34.7 Å². The zero-order chi connectivity index (χ0) is 20.0. The van der Waals surface area contributed by atoms with Crippen LogP contribution in [0.3, 0.4) is 0 Å². The van der Waals surface area contributed by atoms with Crippen molar-refractivity contribution in [1.29, 1.82) is 0 Å². The van der Waals surface area contributed by atoms with Gasteiger partial charge in [-0.25, -0.2) is 4.98 Å². The first-order valence-corrected chi connectivity index (χ1v) is 10.5. The number of rotatable bonds is 6. The van der Waals surface area contributed by atoms with Crippen LogP contribution >= 0.6 is 0 Å². The van der Waals surface area contributed by atoms with Crippen molar-refractivity contribution >= 4 is 11.7 Å². The first kappa shape index (κ1) is 18.6. The van der Waals surface area contributed by atoms with Crippen molar-refractivity contribution in [2.24, 2.45) is 17.3 Å². The molecule has 6 heteroatoms. The van der Waals surface area contributed by atoms with Gasteiger partial charge in [0.25, 0.3) is 5.91 Å². The Morgan fingerprint density at radius 3 is 2.72 bits per heavy atom. The number of nitrogens with one attached hydrogen (secondary N) is 1. The molecule has 2 heterocycles. The lowest BCUT2D eigenvalue weighted by Crippen LogP contribution is -2.30. The quantitative estimate of drug-likeness (QED) is 0.698. The number of aromatic nitrogens is 1. The van der Waals surface area contributed by atoms with E-state index in [9.17, 15) is 9.90 Å². The number of hydrogen-bond acceptors (Lipinski definition) is 5. The Morgan fingerprint density at radius 2 is 2.03 bits per heavy atom. The molecule has 1 aromatic carbocycles. The Hall–Kier alpha value is -2.44. The van der Waals surface area contributed by atoms with Gasteiger partial charge in [-0.05, 0) is 48.3 Å². The van der Waals surface area contributed by atoms with Crippen molar-refractivity contribution in [3.05, 3.63) is 59.8 Å². The van der Waals surface area contributed by atoms with Crippen LogP contribution in [0.15, 0.2) is 48.7 Å². The number of likely N-dealkylation sites (tertiary alicyclic amines) is 1. The zero-order valence-electron chi connectivity index (χ0n) is 16.5. The fraction of sp³-hybridized carbons (Fsp3) is 0.478. The minimum atomic E-state index is -0.355. The van der Waals surface area contributed by atoms with E-state index in [1.165, 1.54) is 24.6 Å². The summed E-state index contributed by atoms with van der Waals surface area (Å²) in [6.07, 6.45) is 3.78. The van der Waals surface area contributed by atoms with E-state index in [-0.39, 0.29) is 29.3 Å².